The molecule has 344 valence electrons. The van der Waals surface area contributed by atoms with Gasteiger partial charge in [0.2, 0.25) is 0 Å². The Kier molecular flexibility index (Phi) is 45.2. The third kappa shape index (κ3) is 45.5. The largest absolute Gasteiger partial charge is 0.462 e. The van der Waals surface area contributed by atoms with Gasteiger partial charge in [0, 0.05) is 19.3 Å². The molecule has 6 heteroatoms. The molecule has 0 saturated carbocycles. The molecule has 0 aromatic heterocycles. The summed E-state index contributed by atoms with van der Waals surface area (Å²) in [6, 6.07) is 0. The first-order valence-electron chi connectivity index (χ1n) is 25.9. The van der Waals surface area contributed by atoms with E-state index in [2.05, 4.69) is 27.7 Å². The monoisotopic (exact) mass is 821 g/mol. The highest BCUT2D eigenvalue weighted by Crippen LogP contribution is 2.17. The Labute approximate surface area is 361 Å². The molecule has 0 amide bonds. The van der Waals surface area contributed by atoms with Crippen LogP contribution in [0, 0.1) is 5.92 Å². The molecular weight excluding hydrogens is 721 g/mol. The molecule has 0 aromatic carbocycles. The van der Waals surface area contributed by atoms with Crippen LogP contribution in [0.25, 0.3) is 0 Å². The molecule has 0 aliphatic rings. The number of carbonyl (C=O) groups is 3. The minimum absolute atomic E-state index is 0.0626. The van der Waals surface area contributed by atoms with E-state index >= 15 is 0 Å². The van der Waals surface area contributed by atoms with Crippen LogP contribution < -0.4 is 0 Å². The fourth-order valence-corrected chi connectivity index (χ4v) is 7.86. The third-order valence-electron chi connectivity index (χ3n) is 11.8. The van der Waals surface area contributed by atoms with Crippen molar-refractivity contribution in [2.45, 2.75) is 297 Å². The molecule has 0 aliphatic heterocycles. The predicted molar refractivity (Wildman–Crippen MR) is 247 cm³/mol. The lowest BCUT2D eigenvalue weighted by Gasteiger charge is -2.18. The Balaban J connectivity index is 4.29. The molecule has 1 atom stereocenters. The van der Waals surface area contributed by atoms with E-state index in [1.807, 2.05) is 0 Å². The van der Waals surface area contributed by atoms with Crippen LogP contribution in [0.2, 0.25) is 0 Å². The molecule has 0 radical (unpaired) electrons. The Bertz CT molecular complexity index is 872. The second kappa shape index (κ2) is 46.5. The van der Waals surface area contributed by atoms with Crippen molar-refractivity contribution in [1.29, 1.82) is 0 Å². The van der Waals surface area contributed by atoms with Gasteiger partial charge in [-0.25, -0.2) is 0 Å². The van der Waals surface area contributed by atoms with Crippen molar-refractivity contribution >= 4 is 17.9 Å². The molecule has 0 rings (SSSR count). The molecule has 0 unspecified atom stereocenters. The fourth-order valence-electron chi connectivity index (χ4n) is 7.86. The van der Waals surface area contributed by atoms with E-state index in [0.29, 0.717) is 19.3 Å². The van der Waals surface area contributed by atoms with Crippen LogP contribution in [-0.4, -0.2) is 37.2 Å². The van der Waals surface area contributed by atoms with E-state index in [9.17, 15) is 14.4 Å². The van der Waals surface area contributed by atoms with Gasteiger partial charge in [0.1, 0.15) is 13.2 Å². The van der Waals surface area contributed by atoms with Gasteiger partial charge in [0.05, 0.1) is 0 Å². The molecule has 0 N–H and O–H groups in total. The Morgan fingerprint density at radius 1 is 0.328 bits per heavy atom. The Morgan fingerprint density at radius 3 is 0.845 bits per heavy atom. The van der Waals surface area contributed by atoms with E-state index in [-0.39, 0.29) is 31.1 Å². The normalized spacial score (nSPS) is 11.9. The molecule has 0 aliphatic carbocycles. The van der Waals surface area contributed by atoms with Crippen molar-refractivity contribution in [3.8, 4) is 0 Å². The molecule has 0 saturated heterocycles. The van der Waals surface area contributed by atoms with Crippen LogP contribution in [0.4, 0.5) is 0 Å². The smallest absolute Gasteiger partial charge is 0.306 e. The summed E-state index contributed by atoms with van der Waals surface area (Å²) >= 11 is 0. The lowest BCUT2D eigenvalue weighted by atomic mass is 10.0. The number of esters is 3. The van der Waals surface area contributed by atoms with Crippen LogP contribution >= 0.6 is 0 Å². The third-order valence-corrected chi connectivity index (χ3v) is 11.8. The number of unbranched alkanes of at least 4 members (excludes halogenated alkanes) is 34. The summed E-state index contributed by atoms with van der Waals surface area (Å²) < 4.78 is 16.8. The summed E-state index contributed by atoms with van der Waals surface area (Å²) in [7, 11) is 0. The van der Waals surface area contributed by atoms with Gasteiger partial charge in [0.25, 0.3) is 0 Å². The second-order valence-electron chi connectivity index (χ2n) is 18.3. The number of rotatable bonds is 47. The maximum absolute atomic E-state index is 12.8. The molecule has 0 bridgehead atoms. The average Bonchev–Trinajstić information content (AvgIpc) is 3.21. The average molecular weight is 821 g/mol. The number of carbonyl (C=O) groups excluding carboxylic acids is 3. The zero-order valence-electron chi connectivity index (χ0n) is 39.5. The summed E-state index contributed by atoms with van der Waals surface area (Å²) in [6.45, 7) is 9.03. The standard InChI is InChI=1S/C52H100O6/c1-5-7-9-11-13-15-17-24-28-32-36-40-44-51(54)57-47-49(46-56-50(53)43-39-35-31-27-22-16-14-12-10-8-6-2)58-52(55)45-41-37-33-29-25-21-19-18-20-23-26-30-34-38-42-48(3)4/h48-49H,5-47H2,1-4H3/t49-/m1/s1. The van der Waals surface area contributed by atoms with E-state index in [1.54, 1.807) is 0 Å². The number of hydrogen-bond acceptors (Lipinski definition) is 6. The van der Waals surface area contributed by atoms with Gasteiger partial charge in [-0.3, -0.25) is 14.4 Å². The van der Waals surface area contributed by atoms with Gasteiger partial charge in [-0.1, -0.05) is 252 Å². The first-order valence-corrected chi connectivity index (χ1v) is 25.9. The summed E-state index contributed by atoms with van der Waals surface area (Å²) in [5, 5.41) is 0. The highest BCUT2D eigenvalue weighted by Gasteiger charge is 2.19. The molecule has 58 heavy (non-hydrogen) atoms. The van der Waals surface area contributed by atoms with Gasteiger partial charge in [-0.2, -0.15) is 0 Å². The zero-order valence-corrected chi connectivity index (χ0v) is 39.5. The van der Waals surface area contributed by atoms with Gasteiger partial charge in [0.15, 0.2) is 6.10 Å². The van der Waals surface area contributed by atoms with Gasteiger partial charge < -0.3 is 14.2 Å². The maximum Gasteiger partial charge on any atom is 0.306 e. The van der Waals surface area contributed by atoms with E-state index in [0.717, 1.165) is 63.7 Å². The van der Waals surface area contributed by atoms with E-state index < -0.39 is 6.10 Å². The van der Waals surface area contributed by atoms with Crippen LogP contribution in [0.1, 0.15) is 291 Å². The van der Waals surface area contributed by atoms with Crippen LogP contribution in [-0.2, 0) is 28.6 Å². The first-order chi connectivity index (χ1) is 28.4. The van der Waals surface area contributed by atoms with Crippen molar-refractivity contribution < 1.29 is 28.6 Å². The summed E-state index contributed by atoms with van der Waals surface area (Å²) in [5.74, 6) is -0.00116. The van der Waals surface area contributed by atoms with Gasteiger partial charge in [-0.15, -0.1) is 0 Å². The van der Waals surface area contributed by atoms with Gasteiger partial charge in [-0.05, 0) is 25.2 Å². The number of ether oxygens (including phenoxy) is 3. The van der Waals surface area contributed by atoms with E-state index in [4.69, 9.17) is 14.2 Å². The van der Waals surface area contributed by atoms with Crippen LogP contribution in [0.15, 0.2) is 0 Å². The SMILES string of the molecule is CCCCCCCCCCCCCCC(=O)OC[C@@H](COC(=O)CCCCCCCCCCCCC)OC(=O)CCCCCCCCCCCCCCCCC(C)C. The van der Waals surface area contributed by atoms with Crippen molar-refractivity contribution in [3.63, 3.8) is 0 Å². The van der Waals surface area contributed by atoms with Crippen molar-refractivity contribution in [2.75, 3.05) is 13.2 Å². The summed E-state index contributed by atoms with van der Waals surface area (Å²) in [5.41, 5.74) is 0. The fraction of sp³-hybridized carbons (Fsp3) is 0.942. The predicted octanol–water partition coefficient (Wildman–Crippen LogP) is 16.7. The molecular formula is C52H100O6. The Hall–Kier alpha value is -1.59. The van der Waals surface area contributed by atoms with Crippen LogP contribution in [0.3, 0.4) is 0 Å². The lowest BCUT2D eigenvalue weighted by Crippen LogP contribution is -2.30. The minimum atomic E-state index is -0.760. The highest BCUT2D eigenvalue weighted by molar-refractivity contribution is 5.71. The highest BCUT2D eigenvalue weighted by atomic mass is 16.6. The molecule has 6 nitrogen and oxygen atoms in total. The molecule has 0 heterocycles. The Morgan fingerprint density at radius 2 is 0.569 bits per heavy atom. The summed E-state index contributed by atoms with van der Waals surface area (Å²) in [4.78, 5) is 37.9. The van der Waals surface area contributed by atoms with Crippen molar-refractivity contribution in [1.82, 2.24) is 0 Å². The molecule has 0 spiro atoms. The molecule has 0 fully saturated rings. The second-order valence-corrected chi connectivity index (χ2v) is 18.3. The quantitative estimate of drug-likeness (QED) is 0.0346. The first kappa shape index (κ1) is 56.4. The van der Waals surface area contributed by atoms with Crippen LogP contribution in [0.5, 0.6) is 0 Å². The lowest BCUT2D eigenvalue weighted by molar-refractivity contribution is -0.167. The number of hydrogen-bond donors (Lipinski definition) is 0. The van der Waals surface area contributed by atoms with E-state index in [1.165, 1.54) is 186 Å². The topological polar surface area (TPSA) is 78.9 Å². The van der Waals surface area contributed by atoms with Gasteiger partial charge >= 0.3 is 17.9 Å². The minimum Gasteiger partial charge on any atom is -0.462 e. The zero-order chi connectivity index (χ0) is 42.4. The maximum atomic E-state index is 12.8. The van der Waals surface area contributed by atoms with Crippen molar-refractivity contribution in [3.05, 3.63) is 0 Å². The molecule has 0 aromatic rings. The van der Waals surface area contributed by atoms with Crippen molar-refractivity contribution in [2.24, 2.45) is 5.92 Å². The summed E-state index contributed by atoms with van der Waals surface area (Å²) in [6.07, 6.45) is 48.0.